The molecule has 27 heavy (non-hydrogen) atoms. The Morgan fingerprint density at radius 3 is 2.63 bits per heavy atom. The normalized spacial score (nSPS) is 10.6. The second-order valence-corrected chi connectivity index (χ2v) is 7.81. The predicted octanol–water partition coefficient (Wildman–Crippen LogP) is 6.08. The van der Waals surface area contributed by atoms with Crippen LogP contribution in [0.25, 0.3) is 0 Å². The van der Waals surface area contributed by atoms with Gasteiger partial charge in [-0.05, 0) is 48.4 Å². The quantitative estimate of drug-likeness (QED) is 0.503. The SMILES string of the molecule is CCCOc1ccc(C(=O)Nc2ncc(Cc3ccc(Cl)c(Cl)c3)s2)cc1. The number of aromatic nitrogens is 1. The molecule has 3 rings (SSSR count). The predicted molar refractivity (Wildman–Crippen MR) is 112 cm³/mol. The lowest BCUT2D eigenvalue weighted by atomic mass is 10.1. The van der Waals surface area contributed by atoms with Gasteiger partial charge in [0.25, 0.3) is 5.91 Å². The Morgan fingerprint density at radius 1 is 1.15 bits per heavy atom. The summed E-state index contributed by atoms with van der Waals surface area (Å²) in [6.07, 6.45) is 3.37. The zero-order valence-electron chi connectivity index (χ0n) is 14.7. The lowest BCUT2D eigenvalue weighted by Gasteiger charge is -2.05. The number of hydrogen-bond acceptors (Lipinski definition) is 4. The molecule has 7 heteroatoms. The van der Waals surface area contributed by atoms with Crippen molar-refractivity contribution in [1.82, 2.24) is 4.98 Å². The van der Waals surface area contributed by atoms with Crippen LogP contribution >= 0.6 is 34.5 Å². The number of benzene rings is 2. The highest BCUT2D eigenvalue weighted by atomic mass is 35.5. The van der Waals surface area contributed by atoms with E-state index in [9.17, 15) is 4.79 Å². The number of anilines is 1. The van der Waals surface area contributed by atoms with E-state index in [1.54, 1.807) is 36.5 Å². The van der Waals surface area contributed by atoms with E-state index in [1.807, 2.05) is 19.1 Å². The van der Waals surface area contributed by atoms with Crippen LogP contribution in [0.1, 0.15) is 34.1 Å². The largest absolute Gasteiger partial charge is 0.494 e. The molecule has 0 spiro atoms. The molecule has 0 aliphatic carbocycles. The monoisotopic (exact) mass is 420 g/mol. The van der Waals surface area contributed by atoms with Gasteiger partial charge in [-0.15, -0.1) is 11.3 Å². The van der Waals surface area contributed by atoms with Gasteiger partial charge in [0.1, 0.15) is 5.75 Å². The third-order valence-corrected chi connectivity index (χ3v) is 5.38. The molecule has 140 valence electrons. The van der Waals surface area contributed by atoms with Gasteiger partial charge in [-0.2, -0.15) is 0 Å². The number of halogens is 2. The van der Waals surface area contributed by atoms with Crippen LogP contribution in [0.15, 0.2) is 48.7 Å². The van der Waals surface area contributed by atoms with Crippen molar-refractivity contribution in [3.63, 3.8) is 0 Å². The van der Waals surface area contributed by atoms with Crippen molar-refractivity contribution in [2.75, 3.05) is 11.9 Å². The number of carbonyl (C=O) groups excluding carboxylic acids is 1. The lowest BCUT2D eigenvalue weighted by molar-refractivity contribution is 0.102. The average Bonchev–Trinajstić information content (AvgIpc) is 3.10. The fourth-order valence-corrected chi connectivity index (χ4v) is 3.55. The minimum atomic E-state index is -0.201. The Balaban J connectivity index is 1.61. The molecule has 0 atom stereocenters. The Labute approximate surface area is 172 Å². The summed E-state index contributed by atoms with van der Waals surface area (Å²) in [5.74, 6) is 0.555. The molecule has 1 heterocycles. The van der Waals surface area contributed by atoms with E-state index < -0.39 is 0 Å². The third kappa shape index (κ3) is 5.45. The highest BCUT2D eigenvalue weighted by Crippen LogP contribution is 2.26. The van der Waals surface area contributed by atoms with Crippen molar-refractivity contribution < 1.29 is 9.53 Å². The van der Waals surface area contributed by atoms with Crippen molar-refractivity contribution >= 4 is 45.6 Å². The molecule has 3 aromatic rings. The molecule has 1 amide bonds. The molecule has 0 fully saturated rings. The second kappa shape index (κ2) is 9.22. The number of nitrogens with zero attached hydrogens (tertiary/aromatic N) is 1. The van der Waals surface area contributed by atoms with Crippen molar-refractivity contribution in [3.05, 3.63) is 74.7 Å². The third-order valence-electron chi connectivity index (χ3n) is 3.73. The fraction of sp³-hybridized carbons (Fsp3) is 0.200. The minimum Gasteiger partial charge on any atom is -0.494 e. The summed E-state index contributed by atoms with van der Waals surface area (Å²) in [6.45, 7) is 2.71. The minimum absolute atomic E-state index is 0.201. The highest BCUT2D eigenvalue weighted by Gasteiger charge is 2.10. The van der Waals surface area contributed by atoms with E-state index >= 15 is 0 Å². The number of amides is 1. The van der Waals surface area contributed by atoms with Gasteiger partial charge < -0.3 is 4.74 Å². The van der Waals surface area contributed by atoms with Gasteiger partial charge in [0.2, 0.25) is 0 Å². The summed E-state index contributed by atoms with van der Waals surface area (Å²) >= 11 is 13.4. The van der Waals surface area contributed by atoms with Gasteiger partial charge in [-0.1, -0.05) is 36.2 Å². The van der Waals surface area contributed by atoms with Crippen LogP contribution < -0.4 is 10.1 Å². The van der Waals surface area contributed by atoms with E-state index in [2.05, 4.69) is 10.3 Å². The molecule has 1 N–H and O–H groups in total. The van der Waals surface area contributed by atoms with E-state index in [4.69, 9.17) is 27.9 Å². The molecule has 0 unspecified atom stereocenters. The van der Waals surface area contributed by atoms with Gasteiger partial charge in [0.15, 0.2) is 5.13 Å². The summed E-state index contributed by atoms with van der Waals surface area (Å²) in [6, 6.07) is 12.6. The smallest absolute Gasteiger partial charge is 0.257 e. The van der Waals surface area contributed by atoms with Crippen LogP contribution in [0, 0.1) is 0 Å². The Bertz CT molecular complexity index is 926. The first-order valence-corrected chi connectivity index (χ1v) is 10.0. The molecule has 0 bridgehead atoms. The summed E-state index contributed by atoms with van der Waals surface area (Å²) in [5, 5.41) is 4.44. The van der Waals surface area contributed by atoms with Gasteiger partial charge >= 0.3 is 0 Å². The molecular weight excluding hydrogens is 403 g/mol. The Morgan fingerprint density at radius 2 is 1.93 bits per heavy atom. The average molecular weight is 421 g/mol. The van der Waals surface area contributed by atoms with Crippen LogP contribution in [0.2, 0.25) is 10.0 Å². The van der Waals surface area contributed by atoms with Crippen molar-refractivity contribution in [1.29, 1.82) is 0 Å². The number of carbonyl (C=O) groups is 1. The first-order chi connectivity index (χ1) is 13.0. The van der Waals surface area contributed by atoms with Crippen molar-refractivity contribution in [2.24, 2.45) is 0 Å². The standard InChI is InChI=1S/C20H18Cl2N2O2S/c1-2-9-26-15-6-4-14(5-7-15)19(25)24-20-23-12-16(27-20)10-13-3-8-17(21)18(22)11-13/h3-8,11-12H,2,9-10H2,1H3,(H,23,24,25). The molecule has 0 saturated heterocycles. The Kier molecular flexibility index (Phi) is 6.72. The number of hydrogen-bond donors (Lipinski definition) is 1. The molecule has 0 radical (unpaired) electrons. The maximum Gasteiger partial charge on any atom is 0.257 e. The second-order valence-electron chi connectivity index (χ2n) is 5.88. The molecule has 4 nitrogen and oxygen atoms in total. The van der Waals surface area contributed by atoms with Gasteiger partial charge in [-0.25, -0.2) is 4.98 Å². The molecule has 0 aliphatic heterocycles. The van der Waals surface area contributed by atoms with Crippen LogP contribution in [0.3, 0.4) is 0 Å². The first kappa shape index (κ1) is 19.7. The number of thiazole rings is 1. The highest BCUT2D eigenvalue weighted by molar-refractivity contribution is 7.15. The van der Waals surface area contributed by atoms with Crippen LogP contribution in [0.4, 0.5) is 5.13 Å². The molecule has 1 aromatic heterocycles. The first-order valence-electron chi connectivity index (χ1n) is 8.48. The topological polar surface area (TPSA) is 51.2 Å². The van der Waals surface area contributed by atoms with Crippen LogP contribution in [0.5, 0.6) is 5.75 Å². The van der Waals surface area contributed by atoms with Crippen LogP contribution in [-0.4, -0.2) is 17.5 Å². The van der Waals surface area contributed by atoms with Gasteiger partial charge in [0, 0.05) is 23.1 Å². The number of nitrogens with one attached hydrogen (secondary N) is 1. The lowest BCUT2D eigenvalue weighted by Crippen LogP contribution is -2.11. The summed E-state index contributed by atoms with van der Waals surface area (Å²) in [5.41, 5.74) is 1.59. The van der Waals surface area contributed by atoms with Gasteiger partial charge in [-0.3, -0.25) is 10.1 Å². The van der Waals surface area contributed by atoms with E-state index in [1.165, 1.54) is 11.3 Å². The maximum absolute atomic E-state index is 12.4. The van der Waals surface area contributed by atoms with E-state index in [-0.39, 0.29) is 5.91 Å². The summed E-state index contributed by atoms with van der Waals surface area (Å²) in [7, 11) is 0. The van der Waals surface area contributed by atoms with E-state index in [0.29, 0.717) is 33.8 Å². The number of ether oxygens (including phenoxy) is 1. The zero-order valence-corrected chi connectivity index (χ0v) is 17.0. The molecular formula is C20H18Cl2N2O2S. The van der Waals surface area contributed by atoms with E-state index in [0.717, 1.165) is 22.6 Å². The summed E-state index contributed by atoms with van der Waals surface area (Å²) in [4.78, 5) is 17.7. The van der Waals surface area contributed by atoms with Crippen molar-refractivity contribution in [2.45, 2.75) is 19.8 Å². The Hall–Kier alpha value is -2.08. The summed E-state index contributed by atoms with van der Waals surface area (Å²) < 4.78 is 5.52. The van der Waals surface area contributed by atoms with Crippen LogP contribution in [-0.2, 0) is 6.42 Å². The molecule has 0 aliphatic rings. The maximum atomic E-state index is 12.4. The fourth-order valence-electron chi connectivity index (χ4n) is 2.39. The van der Waals surface area contributed by atoms with Crippen molar-refractivity contribution in [3.8, 4) is 5.75 Å². The molecule has 0 saturated carbocycles. The zero-order chi connectivity index (χ0) is 19.2. The molecule has 2 aromatic carbocycles. The van der Waals surface area contributed by atoms with Gasteiger partial charge in [0.05, 0.1) is 16.7 Å². The number of rotatable bonds is 7.